The number of fused-ring (bicyclic) bond motifs is 1. The lowest BCUT2D eigenvalue weighted by Crippen LogP contribution is -1.92. The molecule has 0 radical (unpaired) electrons. The van der Waals surface area contributed by atoms with Crippen molar-refractivity contribution in [3.05, 3.63) is 36.5 Å². The summed E-state index contributed by atoms with van der Waals surface area (Å²) in [6, 6.07) is 4.07. The van der Waals surface area contributed by atoms with Crippen LogP contribution in [0.25, 0.3) is 10.9 Å². The van der Waals surface area contributed by atoms with Gasteiger partial charge in [0.1, 0.15) is 0 Å². The number of aryl methyl sites for hydroxylation is 2. The largest absolute Gasteiger partial charge is 0.252 e. The van der Waals surface area contributed by atoms with Gasteiger partial charge in [0.15, 0.2) is 0 Å². The fourth-order valence-corrected chi connectivity index (χ4v) is 2.81. The number of benzene rings is 1. The van der Waals surface area contributed by atoms with Gasteiger partial charge in [0.25, 0.3) is 0 Å². The Morgan fingerprint density at radius 2 is 2.00 bits per heavy atom. The molecule has 2 rings (SSSR count). The Bertz CT molecular complexity index is 554. The predicted octanol–water partition coefficient (Wildman–Crippen LogP) is 4.87. The smallest absolute Gasteiger partial charge is 0.0750 e. The number of hydrogen-bond acceptors (Lipinski definition) is 1. The first-order valence-corrected chi connectivity index (χ1v) is 6.67. The van der Waals surface area contributed by atoms with E-state index in [0.717, 1.165) is 35.2 Å². The summed E-state index contributed by atoms with van der Waals surface area (Å²) in [6.07, 6.45) is 0. The van der Waals surface area contributed by atoms with Crippen LogP contribution >= 0.6 is 50.1 Å². The molecule has 1 nitrogen and oxygen atoms in total. The summed E-state index contributed by atoms with van der Waals surface area (Å²) in [4.78, 5) is 4.56. The molecule has 0 fully saturated rings. The van der Waals surface area contributed by atoms with Crippen LogP contribution in [0, 0.1) is 17.4 Å². The van der Waals surface area contributed by atoms with Gasteiger partial charge in [0, 0.05) is 9.86 Å². The number of halogens is 3. The Hall–Kier alpha value is 0.130. The van der Waals surface area contributed by atoms with E-state index in [1.807, 2.05) is 19.9 Å². The van der Waals surface area contributed by atoms with Crippen LogP contribution in [-0.4, -0.2) is 4.98 Å². The topological polar surface area (TPSA) is 12.9 Å². The van der Waals surface area contributed by atoms with Crippen LogP contribution in [0.5, 0.6) is 0 Å². The quantitative estimate of drug-likeness (QED) is 0.579. The van der Waals surface area contributed by atoms with E-state index in [0.29, 0.717) is 0 Å². The molecule has 78 valence electrons. The molecule has 0 aliphatic carbocycles. The third-order valence-electron chi connectivity index (χ3n) is 2.29. The van der Waals surface area contributed by atoms with E-state index in [1.54, 1.807) is 0 Å². The number of hydrogen-bond donors (Lipinski definition) is 0. The van der Waals surface area contributed by atoms with Crippen molar-refractivity contribution in [2.75, 3.05) is 0 Å². The van der Waals surface area contributed by atoms with Gasteiger partial charge in [-0.25, -0.2) is 0 Å². The standard InChI is InChI=1S/C11H8BrClIN/c1-5-3-7(12)4-8-9(13)10(14)6(2)15-11(5)8/h3-4H,1-2H3. The first-order chi connectivity index (χ1) is 7.00. The first kappa shape index (κ1) is 11.6. The Kier molecular flexibility index (Phi) is 3.24. The molecule has 0 unspecified atom stereocenters. The fraction of sp³-hybridized carbons (Fsp3) is 0.182. The zero-order chi connectivity index (χ0) is 11.2. The number of aromatic nitrogens is 1. The molecule has 0 bridgehead atoms. The van der Waals surface area contributed by atoms with Gasteiger partial charge < -0.3 is 0 Å². The number of pyridine rings is 1. The molecule has 0 aliphatic rings. The van der Waals surface area contributed by atoms with Crippen molar-refractivity contribution < 1.29 is 0 Å². The molecule has 0 aliphatic heterocycles. The zero-order valence-electron chi connectivity index (χ0n) is 8.24. The molecular formula is C11H8BrClIN. The number of rotatable bonds is 0. The molecule has 0 spiro atoms. The predicted molar refractivity (Wildman–Crippen MR) is 76.6 cm³/mol. The summed E-state index contributed by atoms with van der Waals surface area (Å²) in [5.41, 5.74) is 3.11. The summed E-state index contributed by atoms with van der Waals surface area (Å²) >= 11 is 12.0. The Morgan fingerprint density at radius 3 is 2.67 bits per heavy atom. The third kappa shape index (κ3) is 2.01. The highest BCUT2D eigenvalue weighted by molar-refractivity contribution is 14.1. The Balaban J connectivity index is 2.98. The summed E-state index contributed by atoms with van der Waals surface area (Å²) in [6.45, 7) is 4.03. The summed E-state index contributed by atoms with van der Waals surface area (Å²) in [7, 11) is 0. The minimum absolute atomic E-state index is 0.794. The maximum Gasteiger partial charge on any atom is 0.0750 e. The second-order valence-electron chi connectivity index (χ2n) is 3.44. The van der Waals surface area contributed by atoms with E-state index < -0.39 is 0 Å². The molecular weight excluding hydrogens is 388 g/mol. The summed E-state index contributed by atoms with van der Waals surface area (Å²) < 4.78 is 2.06. The average molecular weight is 396 g/mol. The van der Waals surface area contributed by atoms with E-state index in [-0.39, 0.29) is 0 Å². The second kappa shape index (κ2) is 4.18. The van der Waals surface area contributed by atoms with Crippen LogP contribution in [0.1, 0.15) is 11.3 Å². The lowest BCUT2D eigenvalue weighted by molar-refractivity contribution is 1.22. The van der Waals surface area contributed by atoms with Gasteiger partial charge in [0.05, 0.1) is 19.8 Å². The van der Waals surface area contributed by atoms with E-state index >= 15 is 0 Å². The molecule has 0 amide bonds. The normalized spacial score (nSPS) is 11.0. The van der Waals surface area contributed by atoms with Gasteiger partial charge in [-0.15, -0.1) is 0 Å². The monoisotopic (exact) mass is 395 g/mol. The van der Waals surface area contributed by atoms with E-state index in [9.17, 15) is 0 Å². The van der Waals surface area contributed by atoms with E-state index in [2.05, 4.69) is 49.6 Å². The van der Waals surface area contributed by atoms with Crippen molar-refractivity contribution in [3.63, 3.8) is 0 Å². The molecule has 15 heavy (non-hydrogen) atoms. The van der Waals surface area contributed by atoms with Crippen molar-refractivity contribution >= 4 is 61.0 Å². The maximum absolute atomic E-state index is 6.31. The molecule has 0 saturated carbocycles. The summed E-state index contributed by atoms with van der Waals surface area (Å²) in [5.74, 6) is 0. The van der Waals surface area contributed by atoms with Crippen LogP contribution in [0.3, 0.4) is 0 Å². The van der Waals surface area contributed by atoms with Crippen LogP contribution in [0.2, 0.25) is 5.02 Å². The van der Waals surface area contributed by atoms with Crippen molar-refractivity contribution in [1.29, 1.82) is 0 Å². The Labute approximate surface area is 115 Å². The lowest BCUT2D eigenvalue weighted by atomic mass is 10.1. The Morgan fingerprint density at radius 1 is 1.33 bits per heavy atom. The van der Waals surface area contributed by atoms with Crippen molar-refractivity contribution in [2.45, 2.75) is 13.8 Å². The highest BCUT2D eigenvalue weighted by Crippen LogP contribution is 2.32. The van der Waals surface area contributed by atoms with Gasteiger partial charge in [-0.3, -0.25) is 4.98 Å². The highest BCUT2D eigenvalue weighted by Gasteiger charge is 2.10. The zero-order valence-corrected chi connectivity index (χ0v) is 12.7. The van der Waals surface area contributed by atoms with Gasteiger partial charge in [0.2, 0.25) is 0 Å². The molecule has 1 aromatic heterocycles. The van der Waals surface area contributed by atoms with Crippen molar-refractivity contribution in [2.24, 2.45) is 0 Å². The highest BCUT2D eigenvalue weighted by atomic mass is 127. The van der Waals surface area contributed by atoms with Crippen molar-refractivity contribution in [3.8, 4) is 0 Å². The molecule has 0 N–H and O–H groups in total. The van der Waals surface area contributed by atoms with Crippen LogP contribution < -0.4 is 0 Å². The molecule has 1 aromatic carbocycles. The molecule has 2 aromatic rings. The molecule has 1 heterocycles. The van der Waals surface area contributed by atoms with Crippen LogP contribution in [0.4, 0.5) is 0 Å². The van der Waals surface area contributed by atoms with Gasteiger partial charge in [-0.1, -0.05) is 27.5 Å². The SMILES string of the molecule is Cc1nc2c(C)cc(Br)cc2c(Cl)c1I. The lowest BCUT2D eigenvalue weighted by Gasteiger charge is -2.08. The van der Waals surface area contributed by atoms with Crippen molar-refractivity contribution in [1.82, 2.24) is 4.98 Å². The maximum atomic E-state index is 6.31. The molecule has 0 saturated heterocycles. The fourth-order valence-electron chi connectivity index (χ4n) is 1.55. The van der Waals surface area contributed by atoms with Gasteiger partial charge >= 0.3 is 0 Å². The minimum atomic E-state index is 0.794. The van der Waals surface area contributed by atoms with E-state index in [1.165, 1.54) is 0 Å². The van der Waals surface area contributed by atoms with Gasteiger partial charge in [-0.05, 0) is 54.1 Å². The first-order valence-electron chi connectivity index (χ1n) is 4.42. The van der Waals surface area contributed by atoms with Crippen LogP contribution in [-0.2, 0) is 0 Å². The third-order valence-corrected chi connectivity index (χ3v) is 4.78. The minimum Gasteiger partial charge on any atom is -0.252 e. The van der Waals surface area contributed by atoms with Gasteiger partial charge in [-0.2, -0.15) is 0 Å². The molecule has 4 heteroatoms. The summed E-state index contributed by atoms with van der Waals surface area (Å²) in [5, 5.41) is 1.81. The average Bonchev–Trinajstić information content (AvgIpc) is 2.17. The second-order valence-corrected chi connectivity index (χ2v) is 5.82. The van der Waals surface area contributed by atoms with Crippen LogP contribution in [0.15, 0.2) is 16.6 Å². The molecule has 0 atom stereocenters. The number of nitrogens with zero attached hydrogens (tertiary/aromatic N) is 1. The van der Waals surface area contributed by atoms with E-state index in [4.69, 9.17) is 11.6 Å².